The van der Waals surface area contributed by atoms with Gasteiger partial charge in [0.2, 0.25) is 0 Å². The van der Waals surface area contributed by atoms with Crippen LogP contribution in [0.2, 0.25) is 5.02 Å². The van der Waals surface area contributed by atoms with Gasteiger partial charge in [-0.15, -0.1) is 0 Å². The van der Waals surface area contributed by atoms with Crippen LogP contribution in [0.1, 0.15) is 19.8 Å². The molecule has 1 unspecified atom stereocenters. The molecule has 1 aliphatic heterocycles. The maximum atomic E-state index is 6.11. The number of hydrogen-bond donors (Lipinski definition) is 1. The Morgan fingerprint density at radius 3 is 2.63 bits per heavy atom. The van der Waals surface area contributed by atoms with Crippen molar-refractivity contribution in [3.63, 3.8) is 0 Å². The molecule has 1 atom stereocenters. The lowest BCUT2D eigenvalue weighted by Crippen LogP contribution is -2.49. The minimum atomic E-state index is 0.322. The normalized spacial score (nSPS) is 18.6. The highest BCUT2D eigenvalue weighted by atomic mass is 35.5. The molecule has 19 heavy (non-hydrogen) atoms. The molecule has 0 radical (unpaired) electrons. The fourth-order valence-corrected chi connectivity index (χ4v) is 2.84. The van der Waals surface area contributed by atoms with Gasteiger partial charge in [0.25, 0.3) is 0 Å². The molecule has 1 aliphatic rings. The Morgan fingerprint density at radius 1 is 1.26 bits per heavy atom. The van der Waals surface area contributed by atoms with E-state index in [0.29, 0.717) is 6.04 Å². The van der Waals surface area contributed by atoms with E-state index in [4.69, 9.17) is 17.3 Å². The summed E-state index contributed by atoms with van der Waals surface area (Å²) in [5, 5.41) is 0.810. The van der Waals surface area contributed by atoms with Crippen molar-refractivity contribution >= 4 is 17.3 Å². The molecule has 0 aliphatic carbocycles. The first-order valence-corrected chi connectivity index (χ1v) is 7.55. The summed E-state index contributed by atoms with van der Waals surface area (Å²) in [6.45, 7) is 7.50. The van der Waals surface area contributed by atoms with Gasteiger partial charge in [-0.1, -0.05) is 31.0 Å². The Balaban J connectivity index is 1.82. The van der Waals surface area contributed by atoms with Gasteiger partial charge in [-0.25, -0.2) is 0 Å². The highest BCUT2D eigenvalue weighted by Gasteiger charge is 2.18. The Labute approximate surface area is 121 Å². The fourth-order valence-electron chi connectivity index (χ4n) is 2.66. The monoisotopic (exact) mass is 281 g/mol. The zero-order chi connectivity index (χ0) is 13.7. The lowest BCUT2D eigenvalue weighted by Gasteiger charge is -2.37. The predicted molar refractivity (Wildman–Crippen MR) is 83.0 cm³/mol. The van der Waals surface area contributed by atoms with Crippen molar-refractivity contribution in [3.05, 3.63) is 29.3 Å². The van der Waals surface area contributed by atoms with Crippen LogP contribution in [-0.4, -0.2) is 43.7 Å². The van der Waals surface area contributed by atoms with E-state index in [1.165, 1.54) is 12.1 Å². The summed E-state index contributed by atoms with van der Waals surface area (Å²) < 4.78 is 0. The van der Waals surface area contributed by atoms with Gasteiger partial charge in [0.05, 0.1) is 0 Å². The summed E-state index contributed by atoms with van der Waals surface area (Å²) in [4.78, 5) is 4.87. The molecule has 3 nitrogen and oxygen atoms in total. The fraction of sp³-hybridized carbons (Fsp3) is 0.600. The van der Waals surface area contributed by atoms with Gasteiger partial charge in [0.1, 0.15) is 0 Å². The molecule has 0 spiro atoms. The van der Waals surface area contributed by atoms with Gasteiger partial charge in [0, 0.05) is 49.5 Å². The molecular formula is C15H24ClN3. The topological polar surface area (TPSA) is 32.5 Å². The second kappa shape index (κ2) is 7.13. The smallest absolute Gasteiger partial charge is 0.0426 e. The first-order valence-electron chi connectivity index (χ1n) is 7.17. The Morgan fingerprint density at radius 2 is 2.00 bits per heavy atom. The van der Waals surface area contributed by atoms with E-state index < -0.39 is 0 Å². The molecule has 0 saturated carbocycles. The molecule has 2 N–H and O–H groups in total. The molecule has 0 aromatic heterocycles. The van der Waals surface area contributed by atoms with E-state index in [1.807, 2.05) is 18.2 Å². The Hall–Kier alpha value is -0.770. The number of anilines is 1. The summed E-state index contributed by atoms with van der Waals surface area (Å²) >= 11 is 6.04. The number of nitrogens with zero attached hydrogens (tertiary/aromatic N) is 2. The van der Waals surface area contributed by atoms with Crippen LogP contribution < -0.4 is 10.6 Å². The lowest BCUT2D eigenvalue weighted by atomic mass is 10.1. The average Bonchev–Trinajstić information content (AvgIpc) is 2.40. The molecule has 4 heteroatoms. The molecule has 1 fully saturated rings. The largest absolute Gasteiger partial charge is 0.369 e. The Bertz CT molecular complexity index is 389. The third-order valence-corrected chi connectivity index (χ3v) is 3.93. The number of hydrogen-bond acceptors (Lipinski definition) is 3. The third kappa shape index (κ3) is 4.37. The van der Waals surface area contributed by atoms with Crippen LogP contribution >= 0.6 is 11.6 Å². The van der Waals surface area contributed by atoms with E-state index in [-0.39, 0.29) is 0 Å². The van der Waals surface area contributed by atoms with Crippen molar-refractivity contribution in [2.45, 2.75) is 25.8 Å². The Kier molecular flexibility index (Phi) is 5.49. The predicted octanol–water partition coefficient (Wildman–Crippen LogP) is 2.59. The SMILES string of the molecule is CCCC(N)CN1CCN(c2cccc(Cl)c2)CC1. The van der Waals surface area contributed by atoms with Crippen LogP contribution in [0.4, 0.5) is 5.69 Å². The number of benzene rings is 1. The molecule has 106 valence electrons. The highest BCUT2D eigenvalue weighted by Crippen LogP contribution is 2.20. The summed E-state index contributed by atoms with van der Waals surface area (Å²) in [5.41, 5.74) is 7.33. The maximum absolute atomic E-state index is 6.11. The second-order valence-electron chi connectivity index (χ2n) is 5.32. The number of halogens is 1. The van der Waals surface area contributed by atoms with Crippen LogP contribution in [0, 0.1) is 0 Å². The molecule has 1 heterocycles. The second-order valence-corrected chi connectivity index (χ2v) is 5.75. The van der Waals surface area contributed by atoms with Gasteiger partial charge < -0.3 is 10.6 Å². The molecule has 1 aromatic carbocycles. The van der Waals surface area contributed by atoms with Gasteiger partial charge >= 0.3 is 0 Å². The number of nitrogens with two attached hydrogens (primary N) is 1. The first kappa shape index (κ1) is 14.6. The van der Waals surface area contributed by atoms with Crippen molar-refractivity contribution < 1.29 is 0 Å². The van der Waals surface area contributed by atoms with E-state index in [0.717, 1.165) is 44.2 Å². The van der Waals surface area contributed by atoms with E-state index >= 15 is 0 Å². The van der Waals surface area contributed by atoms with Crippen LogP contribution in [0.3, 0.4) is 0 Å². The molecular weight excluding hydrogens is 258 g/mol. The summed E-state index contributed by atoms with van der Waals surface area (Å²) in [7, 11) is 0. The number of piperazine rings is 1. The highest BCUT2D eigenvalue weighted by molar-refractivity contribution is 6.30. The standard InChI is InChI=1S/C15H24ClN3/c1-2-4-14(17)12-18-7-9-19(10-8-18)15-6-3-5-13(16)11-15/h3,5-6,11,14H,2,4,7-10,12,17H2,1H3. The minimum Gasteiger partial charge on any atom is -0.369 e. The van der Waals surface area contributed by atoms with Gasteiger partial charge in [-0.05, 0) is 24.6 Å². The van der Waals surface area contributed by atoms with Crippen molar-refractivity contribution in [1.29, 1.82) is 0 Å². The average molecular weight is 282 g/mol. The van der Waals surface area contributed by atoms with Crippen LogP contribution in [-0.2, 0) is 0 Å². The minimum absolute atomic E-state index is 0.322. The van der Waals surface area contributed by atoms with Crippen LogP contribution in [0.15, 0.2) is 24.3 Å². The van der Waals surface area contributed by atoms with Crippen molar-refractivity contribution in [2.24, 2.45) is 5.73 Å². The van der Waals surface area contributed by atoms with Gasteiger partial charge in [-0.3, -0.25) is 4.90 Å². The van der Waals surface area contributed by atoms with Crippen LogP contribution in [0.25, 0.3) is 0 Å². The van der Waals surface area contributed by atoms with E-state index in [1.54, 1.807) is 0 Å². The van der Waals surface area contributed by atoms with Gasteiger partial charge in [0.15, 0.2) is 0 Å². The first-order chi connectivity index (χ1) is 9.19. The van der Waals surface area contributed by atoms with Gasteiger partial charge in [-0.2, -0.15) is 0 Å². The molecule has 2 rings (SSSR count). The maximum Gasteiger partial charge on any atom is 0.0426 e. The lowest BCUT2D eigenvalue weighted by molar-refractivity contribution is 0.238. The third-order valence-electron chi connectivity index (χ3n) is 3.70. The van der Waals surface area contributed by atoms with Crippen molar-refractivity contribution in [2.75, 3.05) is 37.6 Å². The van der Waals surface area contributed by atoms with E-state index in [2.05, 4.69) is 22.8 Å². The summed E-state index contributed by atoms with van der Waals surface area (Å²) in [6, 6.07) is 8.43. The van der Waals surface area contributed by atoms with Crippen molar-refractivity contribution in [1.82, 2.24) is 4.90 Å². The number of rotatable bonds is 5. The molecule has 0 amide bonds. The zero-order valence-electron chi connectivity index (χ0n) is 11.7. The molecule has 0 bridgehead atoms. The quantitative estimate of drug-likeness (QED) is 0.900. The van der Waals surface area contributed by atoms with E-state index in [9.17, 15) is 0 Å². The zero-order valence-corrected chi connectivity index (χ0v) is 12.4. The molecule has 1 saturated heterocycles. The van der Waals surface area contributed by atoms with Crippen LogP contribution in [0.5, 0.6) is 0 Å². The summed E-state index contributed by atoms with van der Waals surface area (Å²) in [5.74, 6) is 0. The van der Waals surface area contributed by atoms with Crippen molar-refractivity contribution in [3.8, 4) is 0 Å². The summed E-state index contributed by atoms with van der Waals surface area (Å²) in [6.07, 6.45) is 2.29. The molecule has 1 aromatic rings.